The topological polar surface area (TPSA) is 102 Å². The van der Waals surface area contributed by atoms with Crippen molar-refractivity contribution in [2.24, 2.45) is 0 Å². The average molecular weight is 499 g/mol. The number of nitrogens with zero attached hydrogens (tertiary/aromatic N) is 1. The van der Waals surface area contributed by atoms with Gasteiger partial charge in [-0.3, -0.25) is 9.59 Å². The zero-order valence-corrected chi connectivity index (χ0v) is 19.2. The van der Waals surface area contributed by atoms with Gasteiger partial charge < -0.3 is 14.8 Å². The quantitative estimate of drug-likeness (QED) is 0.504. The summed E-state index contributed by atoms with van der Waals surface area (Å²) < 4.78 is 38.2. The van der Waals surface area contributed by atoms with Gasteiger partial charge in [0.05, 0.1) is 23.3 Å². The monoisotopic (exact) mass is 498 g/mol. The van der Waals surface area contributed by atoms with E-state index in [0.29, 0.717) is 35.2 Å². The highest BCUT2D eigenvalue weighted by Crippen LogP contribution is 2.29. The summed E-state index contributed by atoms with van der Waals surface area (Å²) in [6.07, 6.45) is 0.628. The molecule has 0 radical (unpaired) electrons. The van der Waals surface area contributed by atoms with Gasteiger partial charge in [0.1, 0.15) is 11.5 Å². The number of carbonyl (C=O) groups is 2. The first-order valence-corrected chi connectivity index (χ1v) is 11.4. The molecule has 0 aromatic heterocycles. The van der Waals surface area contributed by atoms with E-state index in [1.54, 1.807) is 32.0 Å². The number of nitrogens with one attached hydrogen (secondary N) is 1. The van der Waals surface area contributed by atoms with E-state index in [-0.39, 0.29) is 22.9 Å². The van der Waals surface area contributed by atoms with Gasteiger partial charge in [0, 0.05) is 17.6 Å². The van der Waals surface area contributed by atoms with Crippen LogP contribution < -0.4 is 14.8 Å². The average Bonchev–Trinajstić information content (AvgIpc) is 2.73. The molecule has 1 N–H and O–H groups in total. The fraction of sp³-hybridized carbons (Fsp3) is 0.300. The lowest BCUT2D eigenvalue weighted by Crippen LogP contribution is -2.30. The lowest BCUT2D eigenvalue weighted by molar-refractivity contribution is -0.118. The zero-order chi connectivity index (χ0) is 22.3. The first-order chi connectivity index (χ1) is 14.3. The third-order valence-corrected chi connectivity index (χ3v) is 6.78. The number of aldehydes is 1. The van der Waals surface area contributed by atoms with Crippen LogP contribution in [0.1, 0.15) is 24.2 Å². The van der Waals surface area contributed by atoms with Crippen LogP contribution in [0.15, 0.2) is 45.8 Å². The SMILES string of the molecule is CCN(CC)S(=O)(=O)c1ccc(OC)c(NC(=O)COc2ccc(Br)cc2C=O)c1. The summed E-state index contributed by atoms with van der Waals surface area (Å²) in [5, 5.41) is 2.60. The van der Waals surface area contributed by atoms with E-state index in [1.807, 2.05) is 0 Å². The predicted octanol–water partition coefficient (Wildman–Crippen LogP) is 3.32. The Bertz CT molecular complexity index is 1020. The highest BCUT2D eigenvalue weighted by Gasteiger charge is 2.23. The number of hydrogen-bond acceptors (Lipinski definition) is 6. The number of ether oxygens (including phenoxy) is 2. The van der Waals surface area contributed by atoms with Gasteiger partial charge in [0.25, 0.3) is 5.91 Å². The van der Waals surface area contributed by atoms with Crippen LogP contribution in [0, 0.1) is 0 Å². The standard InChI is InChI=1S/C20H23BrN2O6S/c1-4-23(5-2)30(26,27)16-7-9-19(28-3)17(11-16)22-20(25)13-29-18-8-6-15(21)10-14(18)12-24/h6-12H,4-5,13H2,1-3H3,(H,22,25). The van der Waals surface area contributed by atoms with E-state index < -0.39 is 15.9 Å². The Hall–Kier alpha value is -2.43. The number of benzene rings is 2. The predicted molar refractivity (Wildman–Crippen MR) is 117 cm³/mol. The van der Waals surface area contributed by atoms with Gasteiger partial charge >= 0.3 is 0 Å². The van der Waals surface area contributed by atoms with Crippen LogP contribution in [-0.2, 0) is 14.8 Å². The second kappa shape index (κ2) is 10.6. The molecule has 0 aliphatic heterocycles. The Kier molecular flexibility index (Phi) is 8.39. The second-order valence-corrected chi connectivity index (χ2v) is 8.94. The van der Waals surface area contributed by atoms with Crippen molar-refractivity contribution in [3.8, 4) is 11.5 Å². The number of rotatable bonds is 10. The normalized spacial score (nSPS) is 11.2. The third-order valence-electron chi connectivity index (χ3n) is 4.25. The third kappa shape index (κ3) is 5.59. The molecule has 0 saturated carbocycles. The Balaban J connectivity index is 2.21. The molecule has 0 atom stereocenters. The minimum Gasteiger partial charge on any atom is -0.495 e. The van der Waals surface area contributed by atoms with Gasteiger partial charge in [0.2, 0.25) is 10.0 Å². The highest BCUT2D eigenvalue weighted by atomic mass is 79.9. The summed E-state index contributed by atoms with van der Waals surface area (Å²) in [6.45, 7) is 3.78. The Morgan fingerprint density at radius 1 is 1.13 bits per heavy atom. The molecule has 0 bridgehead atoms. The van der Waals surface area contributed by atoms with Crippen molar-refractivity contribution < 1.29 is 27.5 Å². The lowest BCUT2D eigenvalue weighted by Gasteiger charge is -2.19. The number of halogens is 1. The smallest absolute Gasteiger partial charge is 0.262 e. The minimum atomic E-state index is -3.70. The maximum Gasteiger partial charge on any atom is 0.262 e. The lowest BCUT2D eigenvalue weighted by atomic mass is 10.2. The Labute approximate surface area is 184 Å². The minimum absolute atomic E-state index is 0.0411. The largest absolute Gasteiger partial charge is 0.495 e. The molecule has 2 rings (SSSR count). The number of hydrogen-bond donors (Lipinski definition) is 1. The van der Waals surface area contributed by atoms with Crippen molar-refractivity contribution in [3.05, 3.63) is 46.4 Å². The Morgan fingerprint density at radius 3 is 2.40 bits per heavy atom. The number of carbonyl (C=O) groups excluding carboxylic acids is 2. The van der Waals surface area contributed by atoms with Crippen molar-refractivity contribution >= 4 is 43.8 Å². The first-order valence-electron chi connectivity index (χ1n) is 9.12. The molecule has 10 heteroatoms. The molecule has 8 nitrogen and oxygen atoms in total. The summed E-state index contributed by atoms with van der Waals surface area (Å²) in [4.78, 5) is 23.6. The van der Waals surface area contributed by atoms with Crippen molar-refractivity contribution in [2.75, 3.05) is 32.1 Å². The molecule has 30 heavy (non-hydrogen) atoms. The van der Waals surface area contributed by atoms with Gasteiger partial charge in [-0.15, -0.1) is 0 Å². The fourth-order valence-electron chi connectivity index (χ4n) is 2.73. The number of anilines is 1. The number of sulfonamides is 1. The van der Waals surface area contributed by atoms with Crippen LogP contribution >= 0.6 is 15.9 Å². The van der Waals surface area contributed by atoms with Gasteiger partial charge in [-0.2, -0.15) is 4.31 Å². The summed E-state index contributed by atoms with van der Waals surface area (Å²) in [5.41, 5.74) is 0.493. The van der Waals surface area contributed by atoms with E-state index in [1.165, 1.54) is 29.6 Å². The molecule has 1 amide bonds. The van der Waals surface area contributed by atoms with Gasteiger partial charge in [0.15, 0.2) is 12.9 Å². The molecule has 0 spiro atoms. The summed E-state index contributed by atoms with van der Waals surface area (Å²) in [7, 11) is -2.29. The van der Waals surface area contributed by atoms with E-state index >= 15 is 0 Å². The van der Waals surface area contributed by atoms with Crippen LogP contribution in [0.3, 0.4) is 0 Å². The van der Waals surface area contributed by atoms with Crippen LogP contribution in [-0.4, -0.2) is 51.7 Å². The van der Waals surface area contributed by atoms with Crippen molar-refractivity contribution in [2.45, 2.75) is 18.7 Å². The fourth-order valence-corrected chi connectivity index (χ4v) is 4.59. The maximum atomic E-state index is 12.8. The molecule has 0 aliphatic rings. The van der Waals surface area contributed by atoms with Crippen molar-refractivity contribution in [1.82, 2.24) is 4.31 Å². The maximum absolute atomic E-state index is 12.8. The van der Waals surface area contributed by atoms with E-state index in [0.717, 1.165) is 0 Å². The van der Waals surface area contributed by atoms with Crippen molar-refractivity contribution in [3.63, 3.8) is 0 Å². The molecule has 0 unspecified atom stereocenters. The molecule has 0 heterocycles. The molecular weight excluding hydrogens is 476 g/mol. The number of methoxy groups -OCH3 is 1. The van der Waals surface area contributed by atoms with Crippen LogP contribution in [0.25, 0.3) is 0 Å². The molecule has 0 aliphatic carbocycles. The van der Waals surface area contributed by atoms with Crippen LogP contribution in [0.2, 0.25) is 0 Å². The van der Waals surface area contributed by atoms with E-state index in [2.05, 4.69) is 21.2 Å². The van der Waals surface area contributed by atoms with Crippen molar-refractivity contribution in [1.29, 1.82) is 0 Å². The van der Waals surface area contributed by atoms with Gasteiger partial charge in [-0.05, 0) is 36.4 Å². The number of amides is 1. The Morgan fingerprint density at radius 2 is 1.80 bits per heavy atom. The summed E-state index contributed by atoms with van der Waals surface area (Å²) >= 11 is 3.26. The molecule has 162 valence electrons. The molecule has 2 aromatic rings. The second-order valence-electron chi connectivity index (χ2n) is 6.09. The summed E-state index contributed by atoms with van der Waals surface area (Å²) in [5.74, 6) is 0.0256. The van der Waals surface area contributed by atoms with Gasteiger partial charge in [-0.1, -0.05) is 29.8 Å². The summed E-state index contributed by atoms with van der Waals surface area (Å²) in [6, 6.07) is 9.08. The van der Waals surface area contributed by atoms with E-state index in [9.17, 15) is 18.0 Å². The van der Waals surface area contributed by atoms with Crippen LogP contribution in [0.5, 0.6) is 11.5 Å². The molecular formula is C20H23BrN2O6S. The van der Waals surface area contributed by atoms with E-state index in [4.69, 9.17) is 9.47 Å². The first kappa shape index (κ1) is 23.8. The molecule has 0 saturated heterocycles. The van der Waals surface area contributed by atoms with Gasteiger partial charge in [-0.25, -0.2) is 8.42 Å². The van der Waals surface area contributed by atoms with Crippen LogP contribution in [0.4, 0.5) is 5.69 Å². The molecule has 2 aromatic carbocycles. The molecule has 0 fully saturated rings. The zero-order valence-electron chi connectivity index (χ0n) is 16.8. The highest BCUT2D eigenvalue weighted by molar-refractivity contribution is 9.10.